The van der Waals surface area contributed by atoms with Crippen LogP contribution in [-0.4, -0.2) is 24.1 Å². The third-order valence-electron chi connectivity index (χ3n) is 3.52. The van der Waals surface area contributed by atoms with Gasteiger partial charge in [-0.25, -0.2) is 4.98 Å². The Balaban J connectivity index is 2.19. The van der Waals surface area contributed by atoms with Gasteiger partial charge in [0.1, 0.15) is 0 Å². The molecule has 1 aliphatic rings. The van der Waals surface area contributed by atoms with Gasteiger partial charge in [0.15, 0.2) is 5.13 Å². The number of hydrogen-bond donors (Lipinski definition) is 1. The zero-order valence-corrected chi connectivity index (χ0v) is 11.4. The van der Waals surface area contributed by atoms with Gasteiger partial charge in [0.25, 0.3) is 0 Å². The lowest BCUT2D eigenvalue weighted by atomic mass is 10.0. The Kier molecular flexibility index (Phi) is 3.22. The van der Waals surface area contributed by atoms with Crippen LogP contribution in [0, 0.1) is 0 Å². The molecule has 0 bridgehead atoms. The van der Waals surface area contributed by atoms with Crippen LogP contribution in [0.3, 0.4) is 0 Å². The zero-order chi connectivity index (χ0) is 11.8. The highest BCUT2D eigenvalue weighted by atomic mass is 32.1. The first-order valence-electron chi connectivity index (χ1n) is 5.95. The fourth-order valence-corrected chi connectivity index (χ4v) is 3.32. The van der Waals surface area contributed by atoms with E-state index in [9.17, 15) is 0 Å². The molecule has 1 N–H and O–H groups in total. The molecule has 2 heterocycles. The molecule has 0 aliphatic carbocycles. The van der Waals surface area contributed by atoms with Crippen molar-refractivity contribution in [3.63, 3.8) is 0 Å². The van der Waals surface area contributed by atoms with Crippen LogP contribution in [0.2, 0.25) is 0 Å². The first kappa shape index (κ1) is 11.9. The fraction of sp³-hybridized carbons (Fsp3) is 0.750. The molecule has 0 radical (unpaired) electrons. The van der Waals surface area contributed by atoms with E-state index in [2.05, 4.69) is 36.4 Å². The second kappa shape index (κ2) is 4.34. The van der Waals surface area contributed by atoms with Crippen LogP contribution in [-0.2, 0) is 0 Å². The standard InChI is InChI=1S/C12H21N3S/c1-9(13-4)10-8-16-11(14-10)15-7-5-6-12(15,2)3/h8-9,13H,5-7H2,1-4H3. The third-order valence-corrected chi connectivity index (χ3v) is 4.40. The van der Waals surface area contributed by atoms with E-state index in [0.717, 1.165) is 12.2 Å². The highest BCUT2D eigenvalue weighted by molar-refractivity contribution is 7.13. The maximum absolute atomic E-state index is 4.74. The van der Waals surface area contributed by atoms with Gasteiger partial charge < -0.3 is 10.2 Å². The highest BCUT2D eigenvalue weighted by Crippen LogP contribution is 2.35. The van der Waals surface area contributed by atoms with E-state index < -0.39 is 0 Å². The lowest BCUT2D eigenvalue weighted by Gasteiger charge is -2.31. The van der Waals surface area contributed by atoms with Gasteiger partial charge in [-0.3, -0.25) is 0 Å². The molecule has 1 fully saturated rings. The monoisotopic (exact) mass is 239 g/mol. The van der Waals surface area contributed by atoms with Gasteiger partial charge >= 0.3 is 0 Å². The summed E-state index contributed by atoms with van der Waals surface area (Å²) in [6, 6.07) is 0.343. The van der Waals surface area contributed by atoms with Gasteiger partial charge in [0.2, 0.25) is 0 Å². The number of nitrogens with one attached hydrogen (secondary N) is 1. The number of rotatable bonds is 3. The largest absolute Gasteiger partial charge is 0.343 e. The van der Waals surface area contributed by atoms with Crippen molar-refractivity contribution >= 4 is 16.5 Å². The fourth-order valence-electron chi connectivity index (χ4n) is 2.21. The summed E-state index contributed by atoms with van der Waals surface area (Å²) in [4.78, 5) is 7.19. The average molecular weight is 239 g/mol. The summed E-state index contributed by atoms with van der Waals surface area (Å²) in [5.74, 6) is 0. The quantitative estimate of drug-likeness (QED) is 0.879. The Bertz CT molecular complexity index is 359. The van der Waals surface area contributed by atoms with Crippen LogP contribution in [0.4, 0.5) is 5.13 Å². The molecule has 16 heavy (non-hydrogen) atoms. The second-order valence-corrected chi connectivity index (χ2v) is 5.97. The molecule has 2 rings (SSSR count). The molecule has 0 amide bonds. The molecule has 1 atom stereocenters. The Morgan fingerprint density at radius 3 is 2.88 bits per heavy atom. The number of thiazole rings is 1. The van der Waals surface area contributed by atoms with Crippen molar-refractivity contribution in [2.75, 3.05) is 18.5 Å². The molecule has 1 aromatic rings. The first-order valence-corrected chi connectivity index (χ1v) is 6.83. The van der Waals surface area contributed by atoms with Crippen molar-refractivity contribution in [3.05, 3.63) is 11.1 Å². The average Bonchev–Trinajstić information content (AvgIpc) is 2.82. The van der Waals surface area contributed by atoms with Crippen molar-refractivity contribution in [2.45, 2.75) is 45.2 Å². The van der Waals surface area contributed by atoms with E-state index in [4.69, 9.17) is 4.98 Å². The van der Waals surface area contributed by atoms with Crippen LogP contribution in [0.1, 0.15) is 45.3 Å². The van der Waals surface area contributed by atoms with Crippen LogP contribution >= 0.6 is 11.3 Å². The zero-order valence-electron chi connectivity index (χ0n) is 10.6. The summed E-state index contributed by atoms with van der Waals surface area (Å²) >= 11 is 1.77. The number of aromatic nitrogens is 1. The molecule has 90 valence electrons. The Morgan fingerprint density at radius 1 is 1.56 bits per heavy atom. The van der Waals surface area contributed by atoms with Gasteiger partial charge in [-0.2, -0.15) is 0 Å². The predicted molar refractivity (Wildman–Crippen MR) is 70.2 cm³/mol. The molecule has 0 spiro atoms. The molecule has 1 aromatic heterocycles. The van der Waals surface area contributed by atoms with E-state index >= 15 is 0 Å². The topological polar surface area (TPSA) is 28.2 Å². The van der Waals surface area contributed by atoms with Gasteiger partial charge in [0.05, 0.1) is 5.69 Å². The smallest absolute Gasteiger partial charge is 0.186 e. The summed E-state index contributed by atoms with van der Waals surface area (Å²) in [5, 5.41) is 6.58. The maximum Gasteiger partial charge on any atom is 0.186 e. The molecular formula is C12H21N3S. The lowest BCUT2D eigenvalue weighted by molar-refractivity contribution is 0.516. The minimum atomic E-state index is 0.276. The molecule has 3 nitrogen and oxygen atoms in total. The predicted octanol–water partition coefficient (Wildman–Crippen LogP) is 2.80. The van der Waals surface area contributed by atoms with Crippen molar-refractivity contribution in [1.29, 1.82) is 0 Å². The van der Waals surface area contributed by atoms with Crippen LogP contribution < -0.4 is 10.2 Å². The molecule has 1 aliphatic heterocycles. The van der Waals surface area contributed by atoms with Crippen molar-refractivity contribution in [1.82, 2.24) is 10.3 Å². The van der Waals surface area contributed by atoms with Gasteiger partial charge in [-0.15, -0.1) is 11.3 Å². The minimum Gasteiger partial charge on any atom is -0.343 e. The molecule has 0 saturated carbocycles. The third kappa shape index (κ3) is 2.09. The maximum atomic E-state index is 4.74. The summed E-state index contributed by atoms with van der Waals surface area (Å²) in [7, 11) is 1.98. The number of anilines is 1. The molecule has 0 aromatic carbocycles. The summed E-state index contributed by atoms with van der Waals surface area (Å²) in [5.41, 5.74) is 1.43. The second-order valence-electron chi connectivity index (χ2n) is 5.13. The van der Waals surface area contributed by atoms with Crippen LogP contribution in [0.25, 0.3) is 0 Å². The van der Waals surface area contributed by atoms with Gasteiger partial charge in [-0.05, 0) is 40.7 Å². The Hall–Kier alpha value is -0.610. The van der Waals surface area contributed by atoms with Gasteiger partial charge in [0, 0.05) is 23.5 Å². The van der Waals surface area contributed by atoms with E-state index in [1.54, 1.807) is 11.3 Å². The molecule has 1 unspecified atom stereocenters. The molecule has 4 heteroatoms. The summed E-state index contributed by atoms with van der Waals surface area (Å²) < 4.78 is 0. The Labute approximate surface area is 102 Å². The normalized spacial score (nSPS) is 21.4. The molecule has 1 saturated heterocycles. The number of nitrogens with zero attached hydrogens (tertiary/aromatic N) is 2. The van der Waals surface area contributed by atoms with Gasteiger partial charge in [-0.1, -0.05) is 0 Å². The number of hydrogen-bond acceptors (Lipinski definition) is 4. The minimum absolute atomic E-state index is 0.276. The van der Waals surface area contributed by atoms with E-state index in [-0.39, 0.29) is 5.54 Å². The SMILES string of the molecule is CNC(C)c1csc(N2CCCC2(C)C)n1. The summed E-state index contributed by atoms with van der Waals surface area (Å²) in [6.45, 7) is 7.91. The molecular weight excluding hydrogens is 218 g/mol. The van der Waals surface area contributed by atoms with E-state index in [1.807, 2.05) is 7.05 Å². The van der Waals surface area contributed by atoms with Crippen molar-refractivity contribution in [3.8, 4) is 0 Å². The Morgan fingerprint density at radius 2 is 2.31 bits per heavy atom. The van der Waals surface area contributed by atoms with Crippen molar-refractivity contribution in [2.24, 2.45) is 0 Å². The first-order chi connectivity index (χ1) is 7.54. The highest BCUT2D eigenvalue weighted by Gasteiger charge is 2.33. The van der Waals surface area contributed by atoms with Crippen LogP contribution in [0.15, 0.2) is 5.38 Å². The summed E-state index contributed by atoms with van der Waals surface area (Å²) in [6.07, 6.45) is 2.55. The van der Waals surface area contributed by atoms with E-state index in [0.29, 0.717) is 6.04 Å². The lowest BCUT2D eigenvalue weighted by Crippen LogP contribution is -2.38. The van der Waals surface area contributed by atoms with E-state index in [1.165, 1.54) is 18.0 Å². The van der Waals surface area contributed by atoms with Crippen molar-refractivity contribution < 1.29 is 0 Å². The van der Waals surface area contributed by atoms with Crippen LogP contribution in [0.5, 0.6) is 0 Å².